The van der Waals surface area contributed by atoms with Gasteiger partial charge >= 0.3 is 0 Å². The standard InChI is InChI=1S/C14H13NO2S/c16-14(13-7-3-10-18-13)15-8-4-9-17-12-6-2-1-5-11(12)15/h1-3,5-7,10H,4,8-9H2. The second kappa shape index (κ2) is 4.82. The molecule has 1 aromatic carbocycles. The Morgan fingerprint density at radius 1 is 1.22 bits per heavy atom. The highest BCUT2D eigenvalue weighted by Gasteiger charge is 2.23. The summed E-state index contributed by atoms with van der Waals surface area (Å²) >= 11 is 1.47. The van der Waals surface area contributed by atoms with Gasteiger partial charge < -0.3 is 9.64 Å². The molecular weight excluding hydrogens is 246 g/mol. The van der Waals surface area contributed by atoms with Crippen molar-refractivity contribution < 1.29 is 9.53 Å². The summed E-state index contributed by atoms with van der Waals surface area (Å²) in [6, 6.07) is 11.5. The lowest BCUT2D eigenvalue weighted by Gasteiger charge is -2.20. The van der Waals surface area contributed by atoms with Crippen molar-refractivity contribution in [3.05, 3.63) is 46.7 Å². The minimum atomic E-state index is 0.0583. The predicted octanol–water partition coefficient (Wildman–Crippen LogP) is 3.18. The summed E-state index contributed by atoms with van der Waals surface area (Å²) < 4.78 is 5.66. The average Bonchev–Trinajstić information content (AvgIpc) is 2.85. The number of carbonyl (C=O) groups is 1. The van der Waals surface area contributed by atoms with Gasteiger partial charge in [0.2, 0.25) is 0 Å². The van der Waals surface area contributed by atoms with Crippen molar-refractivity contribution in [1.29, 1.82) is 0 Å². The van der Waals surface area contributed by atoms with Gasteiger partial charge in [-0.05, 0) is 30.0 Å². The summed E-state index contributed by atoms with van der Waals surface area (Å²) in [7, 11) is 0. The lowest BCUT2D eigenvalue weighted by Crippen LogP contribution is -2.30. The Labute approximate surface area is 110 Å². The number of ether oxygens (including phenoxy) is 1. The molecule has 3 rings (SSSR count). The maximum absolute atomic E-state index is 12.5. The van der Waals surface area contributed by atoms with E-state index in [1.54, 1.807) is 0 Å². The van der Waals surface area contributed by atoms with Crippen LogP contribution in [0.3, 0.4) is 0 Å². The SMILES string of the molecule is O=C(c1cccs1)N1CCCOc2ccccc21. The van der Waals surface area contributed by atoms with Crippen LogP contribution >= 0.6 is 11.3 Å². The number of thiophene rings is 1. The number of carbonyl (C=O) groups excluding carboxylic acids is 1. The molecule has 0 bridgehead atoms. The number of fused-ring (bicyclic) bond motifs is 1. The van der Waals surface area contributed by atoms with Gasteiger partial charge in [-0.2, -0.15) is 0 Å². The van der Waals surface area contributed by atoms with Crippen LogP contribution in [0.25, 0.3) is 0 Å². The molecule has 0 saturated carbocycles. The third kappa shape index (κ3) is 1.99. The molecule has 1 aromatic heterocycles. The number of rotatable bonds is 1. The monoisotopic (exact) mass is 259 g/mol. The molecule has 3 nitrogen and oxygen atoms in total. The normalized spacial score (nSPS) is 14.6. The zero-order chi connectivity index (χ0) is 12.4. The van der Waals surface area contributed by atoms with E-state index in [1.165, 1.54) is 11.3 Å². The van der Waals surface area contributed by atoms with E-state index >= 15 is 0 Å². The van der Waals surface area contributed by atoms with Gasteiger partial charge in [0.25, 0.3) is 5.91 Å². The number of anilines is 1. The third-order valence-corrected chi connectivity index (χ3v) is 3.77. The molecule has 92 valence electrons. The van der Waals surface area contributed by atoms with Crippen molar-refractivity contribution in [2.45, 2.75) is 6.42 Å². The molecular formula is C14H13NO2S. The van der Waals surface area contributed by atoms with Gasteiger partial charge in [-0.1, -0.05) is 18.2 Å². The van der Waals surface area contributed by atoms with Crippen LogP contribution in [-0.2, 0) is 0 Å². The molecule has 2 heterocycles. The molecule has 0 atom stereocenters. The zero-order valence-corrected chi connectivity index (χ0v) is 10.7. The highest BCUT2D eigenvalue weighted by atomic mass is 32.1. The number of para-hydroxylation sites is 2. The van der Waals surface area contributed by atoms with E-state index in [9.17, 15) is 4.79 Å². The van der Waals surface area contributed by atoms with Gasteiger partial charge in [-0.15, -0.1) is 11.3 Å². The number of hydrogen-bond donors (Lipinski definition) is 0. The largest absolute Gasteiger partial charge is 0.491 e. The molecule has 2 aromatic rings. The minimum Gasteiger partial charge on any atom is -0.491 e. The van der Waals surface area contributed by atoms with Gasteiger partial charge in [0, 0.05) is 6.54 Å². The van der Waals surface area contributed by atoms with Crippen LogP contribution in [0, 0.1) is 0 Å². The molecule has 4 heteroatoms. The van der Waals surface area contributed by atoms with Gasteiger partial charge in [0.1, 0.15) is 5.75 Å². The third-order valence-electron chi connectivity index (χ3n) is 2.92. The molecule has 0 aliphatic carbocycles. The van der Waals surface area contributed by atoms with Crippen molar-refractivity contribution in [3.63, 3.8) is 0 Å². The maximum Gasteiger partial charge on any atom is 0.268 e. The first-order valence-electron chi connectivity index (χ1n) is 5.93. The highest BCUT2D eigenvalue weighted by Crippen LogP contribution is 2.31. The van der Waals surface area contributed by atoms with E-state index in [0.717, 1.165) is 22.7 Å². The topological polar surface area (TPSA) is 29.5 Å². The molecule has 1 amide bonds. The summed E-state index contributed by atoms with van der Waals surface area (Å²) in [4.78, 5) is 15.0. The number of benzene rings is 1. The van der Waals surface area contributed by atoms with Gasteiger partial charge in [0.05, 0.1) is 17.2 Å². The Bertz CT molecular complexity index is 551. The number of amides is 1. The van der Waals surface area contributed by atoms with Crippen molar-refractivity contribution in [3.8, 4) is 5.75 Å². The van der Waals surface area contributed by atoms with E-state index < -0.39 is 0 Å². The quantitative estimate of drug-likeness (QED) is 0.787. The van der Waals surface area contributed by atoms with E-state index in [2.05, 4.69) is 0 Å². The number of hydrogen-bond acceptors (Lipinski definition) is 3. The van der Waals surface area contributed by atoms with Crippen molar-refractivity contribution in [1.82, 2.24) is 0 Å². The molecule has 0 N–H and O–H groups in total. The second-order valence-corrected chi connectivity index (χ2v) is 5.05. The van der Waals surface area contributed by atoms with Crippen LogP contribution in [0.5, 0.6) is 5.75 Å². The van der Waals surface area contributed by atoms with Gasteiger partial charge in [-0.3, -0.25) is 4.79 Å². The first-order chi connectivity index (χ1) is 8.86. The van der Waals surface area contributed by atoms with Crippen LogP contribution in [0.15, 0.2) is 41.8 Å². The molecule has 0 unspecified atom stereocenters. The molecule has 1 aliphatic rings. The van der Waals surface area contributed by atoms with Crippen LogP contribution in [0.2, 0.25) is 0 Å². The van der Waals surface area contributed by atoms with Crippen molar-refractivity contribution in [2.24, 2.45) is 0 Å². The Kier molecular flexibility index (Phi) is 3.02. The smallest absolute Gasteiger partial charge is 0.268 e. The Morgan fingerprint density at radius 2 is 2.11 bits per heavy atom. The summed E-state index contributed by atoms with van der Waals surface area (Å²) in [5, 5.41) is 1.92. The molecule has 18 heavy (non-hydrogen) atoms. The molecule has 0 radical (unpaired) electrons. The Morgan fingerprint density at radius 3 is 2.94 bits per heavy atom. The average molecular weight is 259 g/mol. The zero-order valence-electron chi connectivity index (χ0n) is 9.83. The highest BCUT2D eigenvalue weighted by molar-refractivity contribution is 7.12. The second-order valence-electron chi connectivity index (χ2n) is 4.10. The van der Waals surface area contributed by atoms with E-state index in [-0.39, 0.29) is 5.91 Å². The van der Waals surface area contributed by atoms with E-state index in [0.29, 0.717) is 13.2 Å². The van der Waals surface area contributed by atoms with Crippen LogP contribution in [0.1, 0.15) is 16.1 Å². The summed E-state index contributed by atoms with van der Waals surface area (Å²) in [5.41, 5.74) is 0.869. The lowest BCUT2D eigenvalue weighted by atomic mass is 10.2. The van der Waals surface area contributed by atoms with Crippen molar-refractivity contribution >= 4 is 22.9 Å². The van der Waals surface area contributed by atoms with Crippen LogP contribution < -0.4 is 9.64 Å². The first kappa shape index (κ1) is 11.3. The van der Waals surface area contributed by atoms with E-state index in [1.807, 2.05) is 46.7 Å². The fourth-order valence-corrected chi connectivity index (χ4v) is 2.74. The first-order valence-corrected chi connectivity index (χ1v) is 6.81. The lowest BCUT2D eigenvalue weighted by molar-refractivity contribution is 0.0991. The fraction of sp³-hybridized carbons (Fsp3) is 0.214. The molecule has 0 saturated heterocycles. The Balaban J connectivity index is 1.99. The minimum absolute atomic E-state index is 0.0583. The summed E-state index contributed by atoms with van der Waals surface area (Å²) in [6.07, 6.45) is 0.853. The number of nitrogens with zero attached hydrogens (tertiary/aromatic N) is 1. The van der Waals surface area contributed by atoms with E-state index in [4.69, 9.17) is 4.74 Å². The molecule has 1 aliphatic heterocycles. The fourth-order valence-electron chi connectivity index (χ4n) is 2.07. The van der Waals surface area contributed by atoms with Gasteiger partial charge in [-0.25, -0.2) is 0 Å². The maximum atomic E-state index is 12.5. The summed E-state index contributed by atoms with van der Waals surface area (Å²) in [6.45, 7) is 1.36. The van der Waals surface area contributed by atoms with Crippen LogP contribution in [-0.4, -0.2) is 19.1 Å². The Hall–Kier alpha value is -1.81. The summed E-state index contributed by atoms with van der Waals surface area (Å²) in [5.74, 6) is 0.850. The van der Waals surface area contributed by atoms with Gasteiger partial charge in [0.15, 0.2) is 0 Å². The van der Waals surface area contributed by atoms with Crippen LogP contribution in [0.4, 0.5) is 5.69 Å². The molecule has 0 fully saturated rings. The molecule has 0 spiro atoms. The van der Waals surface area contributed by atoms with Crippen molar-refractivity contribution in [2.75, 3.05) is 18.1 Å². The predicted molar refractivity (Wildman–Crippen MR) is 72.5 cm³/mol.